The third-order valence-electron chi connectivity index (χ3n) is 3.08. The van der Waals surface area contributed by atoms with Crippen LogP contribution in [0.5, 0.6) is 0 Å². The Morgan fingerprint density at radius 1 is 1.39 bits per heavy atom. The zero-order valence-corrected chi connectivity index (χ0v) is 11.2. The Morgan fingerprint density at radius 2 is 1.94 bits per heavy atom. The number of carbonyl (C=O) groups is 2. The van der Waals surface area contributed by atoms with Crippen molar-refractivity contribution in [3.63, 3.8) is 0 Å². The molecule has 0 aliphatic carbocycles. The highest BCUT2D eigenvalue weighted by molar-refractivity contribution is 5.76. The van der Waals surface area contributed by atoms with Crippen molar-refractivity contribution in [1.82, 2.24) is 10.2 Å². The van der Waals surface area contributed by atoms with Crippen molar-refractivity contribution in [2.75, 3.05) is 26.8 Å². The number of carbonyl (C=O) groups excluding carboxylic acids is 1. The van der Waals surface area contributed by atoms with Crippen LogP contribution in [0.15, 0.2) is 0 Å². The van der Waals surface area contributed by atoms with Crippen LogP contribution in [-0.2, 0) is 9.53 Å². The van der Waals surface area contributed by atoms with Gasteiger partial charge in [-0.15, -0.1) is 0 Å². The van der Waals surface area contributed by atoms with Gasteiger partial charge >= 0.3 is 12.0 Å². The molecule has 0 radical (unpaired) electrons. The third-order valence-corrected chi connectivity index (χ3v) is 3.08. The maximum Gasteiger partial charge on any atom is 0.317 e. The zero-order valence-electron chi connectivity index (χ0n) is 11.2. The van der Waals surface area contributed by atoms with E-state index in [2.05, 4.69) is 5.32 Å². The lowest BCUT2D eigenvalue weighted by Gasteiger charge is -2.34. The molecule has 1 aliphatic heterocycles. The van der Waals surface area contributed by atoms with Crippen LogP contribution in [0.1, 0.15) is 26.7 Å². The average Bonchev–Trinajstić information content (AvgIpc) is 2.28. The number of ether oxygens (including phenoxy) is 1. The van der Waals surface area contributed by atoms with Crippen LogP contribution in [0, 0.1) is 5.92 Å². The van der Waals surface area contributed by atoms with Crippen LogP contribution in [-0.4, -0.2) is 54.4 Å². The predicted molar refractivity (Wildman–Crippen MR) is 66.4 cm³/mol. The SMILES string of the molecule is COCC(C)(C)NC(=O)N1CCC(C(=O)O)CC1. The Labute approximate surface area is 107 Å². The maximum atomic E-state index is 12.0. The van der Waals surface area contributed by atoms with Gasteiger partial charge in [0.15, 0.2) is 0 Å². The Kier molecular flexibility index (Phi) is 4.95. The number of urea groups is 1. The minimum atomic E-state index is -0.769. The summed E-state index contributed by atoms with van der Waals surface area (Å²) in [4.78, 5) is 24.4. The van der Waals surface area contributed by atoms with Gasteiger partial charge in [-0.3, -0.25) is 4.79 Å². The summed E-state index contributed by atoms with van der Waals surface area (Å²) in [6, 6.07) is -0.152. The van der Waals surface area contributed by atoms with Crippen LogP contribution >= 0.6 is 0 Å². The van der Waals surface area contributed by atoms with Crippen molar-refractivity contribution in [1.29, 1.82) is 0 Å². The van der Waals surface area contributed by atoms with Gasteiger partial charge in [-0.25, -0.2) is 4.79 Å². The molecular weight excluding hydrogens is 236 g/mol. The van der Waals surface area contributed by atoms with Crippen molar-refractivity contribution >= 4 is 12.0 Å². The van der Waals surface area contributed by atoms with E-state index in [1.54, 1.807) is 12.0 Å². The van der Waals surface area contributed by atoms with E-state index in [-0.39, 0.29) is 11.9 Å². The van der Waals surface area contributed by atoms with Crippen molar-refractivity contribution in [2.45, 2.75) is 32.2 Å². The van der Waals surface area contributed by atoms with Gasteiger partial charge in [-0.1, -0.05) is 0 Å². The number of methoxy groups -OCH3 is 1. The second-order valence-electron chi connectivity index (χ2n) is 5.35. The Balaban J connectivity index is 2.43. The molecule has 0 atom stereocenters. The molecular formula is C12H22N2O4. The summed E-state index contributed by atoms with van der Waals surface area (Å²) in [5.74, 6) is -1.09. The van der Waals surface area contributed by atoms with E-state index < -0.39 is 11.5 Å². The highest BCUT2D eigenvalue weighted by Gasteiger charge is 2.29. The third kappa shape index (κ3) is 4.18. The second kappa shape index (κ2) is 6.04. The molecule has 1 heterocycles. The van der Waals surface area contributed by atoms with Gasteiger partial charge in [0, 0.05) is 20.2 Å². The molecule has 6 nitrogen and oxygen atoms in total. The molecule has 0 aromatic rings. The first-order valence-electron chi connectivity index (χ1n) is 6.14. The van der Waals surface area contributed by atoms with Crippen molar-refractivity contribution in [2.24, 2.45) is 5.92 Å². The number of piperidine rings is 1. The van der Waals surface area contributed by atoms with Crippen molar-refractivity contribution < 1.29 is 19.4 Å². The number of likely N-dealkylation sites (tertiary alicyclic amines) is 1. The first-order valence-corrected chi connectivity index (χ1v) is 6.14. The van der Waals surface area contributed by atoms with E-state index >= 15 is 0 Å². The normalized spacial score (nSPS) is 17.6. The van der Waals surface area contributed by atoms with E-state index in [4.69, 9.17) is 9.84 Å². The number of nitrogens with one attached hydrogen (secondary N) is 1. The standard InChI is InChI=1S/C12H22N2O4/c1-12(2,8-18-3)13-11(17)14-6-4-9(5-7-14)10(15)16/h9H,4-8H2,1-3H3,(H,13,17)(H,15,16). The van der Waals surface area contributed by atoms with E-state index in [1.165, 1.54) is 0 Å². The van der Waals surface area contributed by atoms with Gasteiger partial charge in [-0.2, -0.15) is 0 Å². The lowest BCUT2D eigenvalue weighted by atomic mass is 9.97. The number of carboxylic acid groups (broad SMARTS) is 1. The molecule has 1 rings (SSSR count). The number of carboxylic acids is 1. The minimum absolute atomic E-state index is 0.152. The molecule has 1 aliphatic rings. The van der Waals surface area contributed by atoms with E-state index in [1.807, 2.05) is 13.8 Å². The first-order chi connectivity index (χ1) is 8.35. The van der Waals surface area contributed by atoms with E-state index in [0.29, 0.717) is 32.5 Å². The molecule has 2 amide bonds. The van der Waals surface area contributed by atoms with Crippen molar-refractivity contribution in [3.05, 3.63) is 0 Å². The Bertz CT molecular complexity index is 309. The van der Waals surface area contributed by atoms with Gasteiger partial charge in [0.05, 0.1) is 18.1 Å². The molecule has 0 aromatic heterocycles. The lowest BCUT2D eigenvalue weighted by molar-refractivity contribution is -0.143. The number of rotatable bonds is 4. The lowest BCUT2D eigenvalue weighted by Crippen LogP contribution is -2.54. The summed E-state index contributed by atoms with van der Waals surface area (Å²) >= 11 is 0. The summed E-state index contributed by atoms with van der Waals surface area (Å²) < 4.78 is 5.03. The molecule has 1 saturated heterocycles. The molecule has 2 N–H and O–H groups in total. The fraction of sp³-hybridized carbons (Fsp3) is 0.833. The minimum Gasteiger partial charge on any atom is -0.481 e. The summed E-state index contributed by atoms with van der Waals surface area (Å²) in [5.41, 5.74) is -0.421. The topological polar surface area (TPSA) is 78.9 Å². The van der Waals surface area contributed by atoms with Gasteiger partial charge in [0.25, 0.3) is 0 Å². The number of amides is 2. The monoisotopic (exact) mass is 258 g/mol. The van der Waals surface area contributed by atoms with Crippen LogP contribution in [0.25, 0.3) is 0 Å². The van der Waals surface area contributed by atoms with Crippen LogP contribution in [0.3, 0.4) is 0 Å². The van der Waals surface area contributed by atoms with Crippen molar-refractivity contribution in [3.8, 4) is 0 Å². The summed E-state index contributed by atoms with van der Waals surface area (Å²) in [6.45, 7) is 5.19. The summed E-state index contributed by atoms with van der Waals surface area (Å²) in [6.07, 6.45) is 1.04. The zero-order chi connectivity index (χ0) is 13.8. The average molecular weight is 258 g/mol. The molecule has 0 aromatic carbocycles. The second-order valence-corrected chi connectivity index (χ2v) is 5.35. The van der Waals surface area contributed by atoms with Crippen LogP contribution in [0.4, 0.5) is 4.79 Å². The molecule has 0 saturated carbocycles. The first kappa shape index (κ1) is 14.8. The summed E-state index contributed by atoms with van der Waals surface area (Å²) in [5, 5.41) is 11.8. The molecule has 18 heavy (non-hydrogen) atoms. The molecule has 1 fully saturated rings. The largest absolute Gasteiger partial charge is 0.481 e. The van der Waals surface area contributed by atoms with Gasteiger partial charge < -0.3 is 20.1 Å². The fourth-order valence-electron chi connectivity index (χ4n) is 2.09. The number of hydrogen-bond donors (Lipinski definition) is 2. The molecule has 104 valence electrons. The molecule has 0 bridgehead atoms. The predicted octanol–water partition coefficient (Wildman–Crippen LogP) is 0.918. The Hall–Kier alpha value is -1.30. The van der Waals surface area contributed by atoms with Crippen LogP contribution in [0.2, 0.25) is 0 Å². The fourth-order valence-corrected chi connectivity index (χ4v) is 2.09. The van der Waals surface area contributed by atoms with Crippen LogP contribution < -0.4 is 5.32 Å². The van der Waals surface area contributed by atoms with E-state index in [0.717, 1.165) is 0 Å². The van der Waals surface area contributed by atoms with Gasteiger partial charge in [0.2, 0.25) is 0 Å². The smallest absolute Gasteiger partial charge is 0.317 e. The highest BCUT2D eigenvalue weighted by Crippen LogP contribution is 2.17. The number of aliphatic carboxylic acids is 1. The number of nitrogens with zero attached hydrogens (tertiary/aromatic N) is 1. The van der Waals surface area contributed by atoms with Gasteiger partial charge in [-0.05, 0) is 26.7 Å². The maximum absolute atomic E-state index is 12.0. The quantitative estimate of drug-likeness (QED) is 0.786. The number of hydrogen-bond acceptors (Lipinski definition) is 3. The van der Waals surface area contributed by atoms with E-state index in [9.17, 15) is 9.59 Å². The highest BCUT2D eigenvalue weighted by atomic mass is 16.5. The molecule has 0 spiro atoms. The van der Waals surface area contributed by atoms with Gasteiger partial charge in [0.1, 0.15) is 0 Å². The molecule has 0 unspecified atom stereocenters. The summed E-state index contributed by atoms with van der Waals surface area (Å²) in [7, 11) is 1.59. The Morgan fingerprint density at radius 3 is 2.39 bits per heavy atom. The molecule has 6 heteroatoms.